The van der Waals surface area contributed by atoms with Crippen LogP contribution < -0.4 is 0 Å². The van der Waals surface area contributed by atoms with Gasteiger partial charge in [-0.1, -0.05) is 26.0 Å². The molecule has 0 atom stereocenters. The van der Waals surface area contributed by atoms with E-state index in [9.17, 15) is 9.18 Å². The molecule has 86 valence electrons. The molecule has 0 amide bonds. The van der Waals surface area contributed by atoms with E-state index in [0.717, 1.165) is 6.08 Å². The molecule has 1 N–H and O–H groups in total. The minimum absolute atomic E-state index is 0.328. The number of carboxylic acid groups (broad SMARTS) is 1. The van der Waals surface area contributed by atoms with Crippen LogP contribution in [0.1, 0.15) is 25.8 Å². The molecule has 0 aliphatic carbocycles. The first-order valence-electron chi connectivity index (χ1n) is 5.18. The summed E-state index contributed by atoms with van der Waals surface area (Å²) < 4.78 is 13.0. The summed E-state index contributed by atoms with van der Waals surface area (Å²) in [5.41, 5.74) is 1.29. The maximum Gasteiger partial charge on any atom is 0.328 e. The highest BCUT2D eigenvalue weighted by Crippen LogP contribution is 2.22. The first-order valence-corrected chi connectivity index (χ1v) is 5.18. The summed E-state index contributed by atoms with van der Waals surface area (Å²) in [4.78, 5) is 10.7. The zero-order chi connectivity index (χ0) is 12.1. The normalized spacial score (nSPS) is 11.9. The molecule has 0 fully saturated rings. The predicted molar refractivity (Wildman–Crippen MR) is 61.5 cm³/mol. The van der Waals surface area contributed by atoms with Crippen LogP contribution in [-0.2, 0) is 4.79 Å². The average molecular weight is 222 g/mol. The zero-order valence-electron chi connectivity index (χ0n) is 9.40. The van der Waals surface area contributed by atoms with E-state index in [-0.39, 0.29) is 5.82 Å². The SMILES string of the molecule is CC(C)C/C(=C\C(=O)O)c1cccc(F)c1. The first kappa shape index (κ1) is 12.4. The number of aliphatic carboxylic acids is 1. The van der Waals surface area contributed by atoms with Crippen molar-refractivity contribution >= 4 is 11.5 Å². The molecule has 1 aromatic carbocycles. The van der Waals surface area contributed by atoms with Gasteiger partial charge >= 0.3 is 5.97 Å². The third-order valence-corrected chi connectivity index (χ3v) is 2.12. The fraction of sp³-hybridized carbons (Fsp3) is 0.308. The Morgan fingerprint density at radius 1 is 1.50 bits per heavy atom. The molecule has 0 aliphatic heterocycles. The summed E-state index contributed by atoms with van der Waals surface area (Å²) in [7, 11) is 0. The molecule has 1 rings (SSSR count). The second-order valence-corrected chi connectivity index (χ2v) is 4.12. The maximum atomic E-state index is 13.0. The maximum absolute atomic E-state index is 13.0. The van der Waals surface area contributed by atoms with E-state index < -0.39 is 5.97 Å². The molecule has 1 aromatic rings. The van der Waals surface area contributed by atoms with Crippen molar-refractivity contribution in [1.82, 2.24) is 0 Å². The number of carboxylic acids is 1. The Bertz CT molecular complexity index is 408. The van der Waals surface area contributed by atoms with Crippen molar-refractivity contribution in [2.75, 3.05) is 0 Å². The van der Waals surface area contributed by atoms with Gasteiger partial charge in [0.25, 0.3) is 0 Å². The van der Waals surface area contributed by atoms with E-state index in [1.54, 1.807) is 12.1 Å². The molecule has 2 nitrogen and oxygen atoms in total. The summed E-state index contributed by atoms with van der Waals surface area (Å²) in [5.74, 6) is -1.02. The Kier molecular flexibility index (Phi) is 4.23. The molecular formula is C13H15FO2. The molecular weight excluding hydrogens is 207 g/mol. The Hall–Kier alpha value is -1.64. The van der Waals surface area contributed by atoms with Crippen molar-refractivity contribution in [3.8, 4) is 0 Å². The van der Waals surface area contributed by atoms with E-state index in [1.807, 2.05) is 13.8 Å². The van der Waals surface area contributed by atoms with Crippen LogP contribution in [-0.4, -0.2) is 11.1 Å². The molecule has 0 heterocycles. The van der Waals surface area contributed by atoms with Gasteiger partial charge < -0.3 is 5.11 Å². The molecule has 0 spiro atoms. The lowest BCUT2D eigenvalue weighted by atomic mass is 9.96. The summed E-state index contributed by atoms with van der Waals surface area (Å²) in [6, 6.07) is 6.01. The lowest BCUT2D eigenvalue weighted by Crippen LogP contribution is -1.97. The van der Waals surface area contributed by atoms with Gasteiger partial charge in [0.15, 0.2) is 0 Å². The predicted octanol–water partition coefficient (Wildman–Crippen LogP) is 3.34. The number of rotatable bonds is 4. The van der Waals surface area contributed by atoms with Gasteiger partial charge in [0, 0.05) is 6.08 Å². The van der Waals surface area contributed by atoms with Crippen molar-refractivity contribution in [3.63, 3.8) is 0 Å². The first-order chi connectivity index (χ1) is 7.49. The second kappa shape index (κ2) is 5.45. The molecule has 3 heteroatoms. The van der Waals surface area contributed by atoms with Gasteiger partial charge in [-0.05, 0) is 35.6 Å². The van der Waals surface area contributed by atoms with Gasteiger partial charge in [-0.15, -0.1) is 0 Å². The van der Waals surface area contributed by atoms with Crippen LogP contribution in [0.25, 0.3) is 5.57 Å². The number of benzene rings is 1. The number of allylic oxidation sites excluding steroid dienone is 1. The Balaban J connectivity index is 3.06. The summed E-state index contributed by atoms with van der Waals surface area (Å²) in [5, 5.41) is 8.76. The molecule has 0 aliphatic rings. The lowest BCUT2D eigenvalue weighted by Gasteiger charge is -2.09. The highest BCUT2D eigenvalue weighted by molar-refractivity contribution is 5.90. The summed E-state index contributed by atoms with van der Waals surface area (Å²) in [6.45, 7) is 3.99. The quantitative estimate of drug-likeness (QED) is 0.793. The van der Waals surface area contributed by atoms with Crippen LogP contribution >= 0.6 is 0 Å². The molecule has 0 unspecified atom stereocenters. The fourth-order valence-corrected chi connectivity index (χ4v) is 1.54. The van der Waals surface area contributed by atoms with Crippen LogP contribution in [0.2, 0.25) is 0 Å². The monoisotopic (exact) mass is 222 g/mol. The minimum Gasteiger partial charge on any atom is -0.478 e. The van der Waals surface area contributed by atoms with Crippen LogP contribution in [0, 0.1) is 11.7 Å². The van der Waals surface area contributed by atoms with Gasteiger partial charge in [-0.25, -0.2) is 9.18 Å². The Labute approximate surface area is 94.4 Å². The lowest BCUT2D eigenvalue weighted by molar-refractivity contribution is -0.131. The van der Waals surface area contributed by atoms with Gasteiger partial charge in [-0.3, -0.25) is 0 Å². The fourth-order valence-electron chi connectivity index (χ4n) is 1.54. The topological polar surface area (TPSA) is 37.3 Å². The van der Waals surface area contributed by atoms with Crippen molar-refractivity contribution < 1.29 is 14.3 Å². The molecule has 0 bridgehead atoms. The van der Waals surface area contributed by atoms with Crippen LogP contribution in [0.3, 0.4) is 0 Å². The number of halogens is 1. The van der Waals surface area contributed by atoms with Crippen LogP contribution in [0.5, 0.6) is 0 Å². The van der Waals surface area contributed by atoms with E-state index in [1.165, 1.54) is 12.1 Å². The average Bonchev–Trinajstić information content (AvgIpc) is 2.15. The summed E-state index contributed by atoms with van der Waals surface area (Å²) in [6.07, 6.45) is 1.77. The zero-order valence-corrected chi connectivity index (χ0v) is 9.40. The minimum atomic E-state index is -1.00. The van der Waals surface area contributed by atoms with Crippen molar-refractivity contribution in [1.29, 1.82) is 0 Å². The largest absolute Gasteiger partial charge is 0.478 e. The van der Waals surface area contributed by atoms with Gasteiger partial charge in [0.2, 0.25) is 0 Å². The number of hydrogen-bond donors (Lipinski definition) is 1. The molecule has 16 heavy (non-hydrogen) atoms. The summed E-state index contributed by atoms with van der Waals surface area (Å²) >= 11 is 0. The highest BCUT2D eigenvalue weighted by atomic mass is 19.1. The van der Waals surface area contributed by atoms with Crippen LogP contribution in [0.15, 0.2) is 30.3 Å². The molecule has 0 saturated carbocycles. The van der Waals surface area contributed by atoms with Crippen molar-refractivity contribution in [2.45, 2.75) is 20.3 Å². The van der Waals surface area contributed by atoms with Crippen molar-refractivity contribution in [2.24, 2.45) is 5.92 Å². The van der Waals surface area contributed by atoms with E-state index in [2.05, 4.69) is 0 Å². The highest BCUT2D eigenvalue weighted by Gasteiger charge is 2.07. The third kappa shape index (κ3) is 3.85. The Morgan fingerprint density at radius 3 is 2.69 bits per heavy atom. The molecule has 0 saturated heterocycles. The molecule has 0 aromatic heterocycles. The van der Waals surface area contributed by atoms with E-state index in [0.29, 0.717) is 23.5 Å². The van der Waals surface area contributed by atoms with Crippen LogP contribution in [0.4, 0.5) is 4.39 Å². The number of hydrogen-bond acceptors (Lipinski definition) is 1. The third-order valence-electron chi connectivity index (χ3n) is 2.12. The van der Waals surface area contributed by atoms with Gasteiger partial charge in [0.05, 0.1) is 0 Å². The van der Waals surface area contributed by atoms with E-state index >= 15 is 0 Å². The second-order valence-electron chi connectivity index (χ2n) is 4.12. The smallest absolute Gasteiger partial charge is 0.328 e. The number of carbonyl (C=O) groups is 1. The standard InChI is InChI=1S/C13H15FO2/c1-9(2)6-11(8-13(15)16)10-4-3-5-12(14)7-10/h3-5,7-9H,6H2,1-2H3,(H,15,16)/b11-8+. The van der Waals surface area contributed by atoms with Crippen molar-refractivity contribution in [3.05, 3.63) is 41.7 Å². The van der Waals surface area contributed by atoms with Gasteiger partial charge in [-0.2, -0.15) is 0 Å². The molecule has 0 radical (unpaired) electrons. The van der Waals surface area contributed by atoms with E-state index in [4.69, 9.17) is 5.11 Å². The van der Waals surface area contributed by atoms with Gasteiger partial charge in [0.1, 0.15) is 5.82 Å². The Morgan fingerprint density at radius 2 is 2.19 bits per heavy atom.